The summed E-state index contributed by atoms with van der Waals surface area (Å²) in [5.74, 6) is 0.763. The molecule has 3 heteroatoms. The molecule has 2 aromatic rings. The molecule has 0 bridgehead atoms. The zero-order valence-electron chi connectivity index (χ0n) is 8.53. The summed E-state index contributed by atoms with van der Waals surface area (Å²) in [4.78, 5) is 10.5. The quantitative estimate of drug-likeness (QED) is 0.718. The molecule has 3 nitrogen and oxygen atoms in total. The molecule has 0 aliphatic carbocycles. The van der Waals surface area contributed by atoms with Gasteiger partial charge in [0, 0.05) is 17.4 Å². The third-order valence-corrected chi connectivity index (χ3v) is 2.24. The maximum atomic E-state index is 10.5. The Morgan fingerprint density at radius 2 is 2.33 bits per heavy atom. The van der Waals surface area contributed by atoms with E-state index < -0.39 is 0 Å². The SMILES string of the molecule is CCOc1cc2ccoc2cc1CC=O. The van der Waals surface area contributed by atoms with Crippen LogP contribution in [0.25, 0.3) is 11.0 Å². The van der Waals surface area contributed by atoms with E-state index in [1.165, 1.54) is 0 Å². The lowest BCUT2D eigenvalue weighted by Gasteiger charge is -2.07. The van der Waals surface area contributed by atoms with Gasteiger partial charge in [-0.2, -0.15) is 0 Å². The number of benzene rings is 1. The minimum atomic E-state index is 0.353. The highest BCUT2D eigenvalue weighted by molar-refractivity contribution is 5.81. The highest BCUT2D eigenvalue weighted by Crippen LogP contribution is 2.26. The number of carbonyl (C=O) groups excluding carboxylic acids is 1. The molecular weight excluding hydrogens is 192 g/mol. The van der Waals surface area contributed by atoms with E-state index in [-0.39, 0.29) is 0 Å². The fourth-order valence-corrected chi connectivity index (χ4v) is 1.57. The van der Waals surface area contributed by atoms with Gasteiger partial charge < -0.3 is 13.9 Å². The van der Waals surface area contributed by atoms with Crippen LogP contribution in [-0.4, -0.2) is 12.9 Å². The summed E-state index contributed by atoms with van der Waals surface area (Å²) in [7, 11) is 0. The summed E-state index contributed by atoms with van der Waals surface area (Å²) in [5.41, 5.74) is 1.66. The van der Waals surface area contributed by atoms with Gasteiger partial charge in [-0.15, -0.1) is 0 Å². The largest absolute Gasteiger partial charge is 0.494 e. The molecule has 1 aromatic heterocycles. The van der Waals surface area contributed by atoms with Crippen LogP contribution in [0.4, 0.5) is 0 Å². The third kappa shape index (κ3) is 1.86. The van der Waals surface area contributed by atoms with E-state index in [0.29, 0.717) is 13.0 Å². The Labute approximate surface area is 87.6 Å². The van der Waals surface area contributed by atoms with Crippen LogP contribution in [0.3, 0.4) is 0 Å². The van der Waals surface area contributed by atoms with Gasteiger partial charge in [-0.05, 0) is 25.1 Å². The summed E-state index contributed by atoms with van der Waals surface area (Å²) in [6.45, 7) is 2.51. The van der Waals surface area contributed by atoms with Crippen LogP contribution < -0.4 is 4.74 Å². The van der Waals surface area contributed by atoms with Crippen molar-refractivity contribution in [3.8, 4) is 5.75 Å². The minimum Gasteiger partial charge on any atom is -0.494 e. The van der Waals surface area contributed by atoms with Gasteiger partial charge in [0.05, 0.1) is 12.9 Å². The van der Waals surface area contributed by atoms with Gasteiger partial charge in [0.1, 0.15) is 17.6 Å². The highest BCUT2D eigenvalue weighted by Gasteiger charge is 2.07. The van der Waals surface area contributed by atoms with E-state index in [0.717, 1.165) is 28.6 Å². The van der Waals surface area contributed by atoms with Crippen LogP contribution >= 0.6 is 0 Å². The summed E-state index contributed by atoms with van der Waals surface area (Å²) in [5, 5.41) is 0.994. The van der Waals surface area contributed by atoms with E-state index in [4.69, 9.17) is 9.15 Å². The first kappa shape index (κ1) is 9.77. The second-order valence-corrected chi connectivity index (χ2v) is 3.22. The van der Waals surface area contributed by atoms with Crippen LogP contribution in [0.5, 0.6) is 5.75 Å². The molecular formula is C12H12O3. The summed E-state index contributed by atoms with van der Waals surface area (Å²) in [6.07, 6.45) is 2.85. The molecule has 0 atom stereocenters. The van der Waals surface area contributed by atoms with Gasteiger partial charge in [-0.3, -0.25) is 0 Å². The molecule has 78 valence electrons. The number of ether oxygens (including phenoxy) is 1. The number of furan rings is 1. The molecule has 1 heterocycles. The first-order valence-corrected chi connectivity index (χ1v) is 4.91. The lowest BCUT2D eigenvalue weighted by molar-refractivity contribution is -0.107. The summed E-state index contributed by atoms with van der Waals surface area (Å²) < 4.78 is 10.7. The third-order valence-electron chi connectivity index (χ3n) is 2.24. The van der Waals surface area contributed by atoms with Gasteiger partial charge in [0.15, 0.2) is 0 Å². The van der Waals surface area contributed by atoms with Gasteiger partial charge in [0.2, 0.25) is 0 Å². The van der Waals surface area contributed by atoms with Gasteiger partial charge in [-0.25, -0.2) is 0 Å². The normalized spacial score (nSPS) is 10.5. The fraction of sp³-hybridized carbons (Fsp3) is 0.250. The zero-order valence-corrected chi connectivity index (χ0v) is 8.53. The number of fused-ring (bicyclic) bond motifs is 1. The van der Waals surface area contributed by atoms with Crippen molar-refractivity contribution < 1.29 is 13.9 Å². The first-order valence-electron chi connectivity index (χ1n) is 4.91. The van der Waals surface area contributed by atoms with Gasteiger partial charge in [-0.1, -0.05) is 0 Å². The molecule has 0 saturated carbocycles. The number of aldehydes is 1. The molecule has 0 fully saturated rings. The fourth-order valence-electron chi connectivity index (χ4n) is 1.57. The zero-order chi connectivity index (χ0) is 10.7. The Bertz CT molecular complexity index is 471. The Balaban J connectivity index is 2.51. The van der Waals surface area contributed by atoms with Gasteiger partial charge >= 0.3 is 0 Å². The van der Waals surface area contributed by atoms with Crippen LogP contribution in [-0.2, 0) is 11.2 Å². The van der Waals surface area contributed by atoms with Crippen LogP contribution in [0, 0.1) is 0 Å². The first-order chi connectivity index (χ1) is 7.35. The lowest BCUT2D eigenvalue weighted by atomic mass is 10.1. The molecule has 0 spiro atoms. The van der Waals surface area contributed by atoms with Crippen LogP contribution in [0.2, 0.25) is 0 Å². The second-order valence-electron chi connectivity index (χ2n) is 3.22. The standard InChI is InChI=1S/C12H12O3/c1-2-14-11-8-10-4-6-15-12(10)7-9(11)3-5-13/h4-8H,2-3H2,1H3. The summed E-state index contributed by atoms with van der Waals surface area (Å²) in [6, 6.07) is 5.64. The van der Waals surface area contributed by atoms with Crippen molar-refractivity contribution in [2.24, 2.45) is 0 Å². The van der Waals surface area contributed by atoms with Crippen molar-refractivity contribution in [3.63, 3.8) is 0 Å². The Hall–Kier alpha value is -1.77. The van der Waals surface area contributed by atoms with Crippen LogP contribution in [0.15, 0.2) is 28.9 Å². The Kier molecular flexibility index (Phi) is 2.72. The average Bonchev–Trinajstić information content (AvgIpc) is 2.66. The van der Waals surface area contributed by atoms with Crippen molar-refractivity contribution in [3.05, 3.63) is 30.0 Å². The van der Waals surface area contributed by atoms with Crippen LogP contribution in [0.1, 0.15) is 12.5 Å². The Morgan fingerprint density at radius 3 is 3.07 bits per heavy atom. The number of hydrogen-bond acceptors (Lipinski definition) is 3. The smallest absolute Gasteiger partial charge is 0.134 e. The molecule has 0 aliphatic rings. The molecule has 15 heavy (non-hydrogen) atoms. The number of hydrogen-bond donors (Lipinski definition) is 0. The Morgan fingerprint density at radius 1 is 1.47 bits per heavy atom. The highest BCUT2D eigenvalue weighted by atomic mass is 16.5. The van der Waals surface area contributed by atoms with Crippen molar-refractivity contribution in [1.82, 2.24) is 0 Å². The summed E-state index contributed by atoms with van der Waals surface area (Å²) >= 11 is 0. The van der Waals surface area contributed by atoms with Crippen molar-refractivity contribution in [2.45, 2.75) is 13.3 Å². The van der Waals surface area contributed by atoms with E-state index in [9.17, 15) is 4.79 Å². The molecule has 2 rings (SSSR count). The van der Waals surface area contributed by atoms with Crippen molar-refractivity contribution in [2.75, 3.05) is 6.61 Å². The number of rotatable bonds is 4. The van der Waals surface area contributed by atoms with E-state index in [2.05, 4.69) is 0 Å². The second kappa shape index (κ2) is 4.17. The maximum absolute atomic E-state index is 10.5. The molecule has 0 aliphatic heterocycles. The molecule has 1 aromatic carbocycles. The predicted octanol–water partition coefficient (Wildman–Crippen LogP) is 2.57. The van der Waals surface area contributed by atoms with Crippen molar-refractivity contribution in [1.29, 1.82) is 0 Å². The van der Waals surface area contributed by atoms with Crippen molar-refractivity contribution >= 4 is 17.3 Å². The van der Waals surface area contributed by atoms with E-state index in [1.807, 2.05) is 25.1 Å². The van der Waals surface area contributed by atoms with E-state index in [1.54, 1.807) is 6.26 Å². The molecule has 0 N–H and O–H groups in total. The number of carbonyl (C=O) groups is 1. The minimum absolute atomic E-state index is 0.353. The molecule has 0 saturated heterocycles. The lowest BCUT2D eigenvalue weighted by Crippen LogP contribution is -1.97. The van der Waals surface area contributed by atoms with E-state index >= 15 is 0 Å². The molecule has 0 radical (unpaired) electrons. The van der Waals surface area contributed by atoms with Gasteiger partial charge in [0.25, 0.3) is 0 Å². The topological polar surface area (TPSA) is 39.4 Å². The molecule has 0 amide bonds. The monoisotopic (exact) mass is 204 g/mol. The molecule has 0 unspecified atom stereocenters. The maximum Gasteiger partial charge on any atom is 0.134 e. The predicted molar refractivity (Wildman–Crippen MR) is 57.2 cm³/mol. The average molecular weight is 204 g/mol.